The maximum atomic E-state index is 12.1. The Morgan fingerprint density at radius 2 is 1.76 bits per heavy atom. The summed E-state index contributed by atoms with van der Waals surface area (Å²) in [5, 5.41) is 3.55. The molecule has 118 valence electrons. The van der Waals surface area contributed by atoms with Gasteiger partial charge in [0.15, 0.2) is 0 Å². The fourth-order valence-electron chi connectivity index (χ4n) is 2.86. The van der Waals surface area contributed by atoms with Gasteiger partial charge in [-0.05, 0) is 37.8 Å². The fraction of sp³-hybridized carbons (Fsp3) is 0.625. The van der Waals surface area contributed by atoms with Crippen molar-refractivity contribution in [3.8, 4) is 0 Å². The van der Waals surface area contributed by atoms with E-state index in [1.165, 1.54) is 25.7 Å². The van der Waals surface area contributed by atoms with Gasteiger partial charge in [0.2, 0.25) is 10.0 Å². The van der Waals surface area contributed by atoms with E-state index in [-0.39, 0.29) is 11.8 Å². The van der Waals surface area contributed by atoms with Crippen LogP contribution in [0.25, 0.3) is 0 Å². The highest BCUT2D eigenvalue weighted by atomic mass is 32.2. The lowest BCUT2D eigenvalue weighted by Crippen LogP contribution is -2.32. The maximum Gasteiger partial charge on any atom is 0.216 e. The molecule has 0 bridgehead atoms. The van der Waals surface area contributed by atoms with Crippen LogP contribution in [0.15, 0.2) is 24.3 Å². The first-order valence-electron chi connectivity index (χ1n) is 7.76. The van der Waals surface area contributed by atoms with Crippen molar-refractivity contribution in [1.29, 1.82) is 0 Å². The monoisotopic (exact) mass is 310 g/mol. The van der Waals surface area contributed by atoms with Crippen LogP contribution in [0.2, 0.25) is 0 Å². The Kier molecular flexibility index (Phi) is 5.79. The fourth-order valence-corrected chi connectivity index (χ4v) is 4.35. The smallest absolute Gasteiger partial charge is 0.216 e. The molecule has 1 fully saturated rings. The van der Waals surface area contributed by atoms with E-state index in [4.69, 9.17) is 0 Å². The van der Waals surface area contributed by atoms with Gasteiger partial charge in [-0.25, -0.2) is 13.1 Å². The molecule has 0 atom stereocenters. The van der Waals surface area contributed by atoms with Gasteiger partial charge in [0, 0.05) is 18.6 Å². The SMILES string of the molecule is CC(C)NS(=O)(=O)Cc1ccccc1CNC1CCCC1. The first-order valence-corrected chi connectivity index (χ1v) is 9.41. The summed E-state index contributed by atoms with van der Waals surface area (Å²) in [7, 11) is -3.27. The minimum absolute atomic E-state index is 0.0493. The lowest BCUT2D eigenvalue weighted by Gasteiger charge is -2.15. The zero-order valence-electron chi connectivity index (χ0n) is 12.9. The zero-order valence-corrected chi connectivity index (χ0v) is 13.7. The van der Waals surface area contributed by atoms with Gasteiger partial charge in [-0.2, -0.15) is 0 Å². The molecule has 0 radical (unpaired) electrons. The minimum atomic E-state index is -3.27. The van der Waals surface area contributed by atoms with E-state index in [2.05, 4.69) is 10.0 Å². The molecule has 0 saturated heterocycles. The van der Waals surface area contributed by atoms with E-state index in [0.717, 1.165) is 17.7 Å². The molecule has 0 aromatic heterocycles. The van der Waals surface area contributed by atoms with Crippen LogP contribution < -0.4 is 10.0 Å². The van der Waals surface area contributed by atoms with E-state index in [9.17, 15) is 8.42 Å². The Bertz CT molecular complexity index is 549. The van der Waals surface area contributed by atoms with E-state index in [1.807, 2.05) is 38.1 Å². The zero-order chi connectivity index (χ0) is 15.3. The predicted octanol–water partition coefficient (Wildman–Crippen LogP) is 2.55. The number of hydrogen-bond acceptors (Lipinski definition) is 3. The average Bonchev–Trinajstić information content (AvgIpc) is 2.88. The number of rotatable bonds is 7. The molecule has 0 unspecified atom stereocenters. The van der Waals surface area contributed by atoms with E-state index in [1.54, 1.807) is 0 Å². The molecule has 21 heavy (non-hydrogen) atoms. The summed E-state index contributed by atoms with van der Waals surface area (Å²) >= 11 is 0. The van der Waals surface area contributed by atoms with Crippen LogP contribution in [-0.4, -0.2) is 20.5 Å². The Labute approximate surface area is 128 Å². The van der Waals surface area contributed by atoms with Gasteiger partial charge in [0.05, 0.1) is 5.75 Å². The second-order valence-corrected chi connectivity index (χ2v) is 7.92. The average molecular weight is 310 g/mol. The summed E-state index contributed by atoms with van der Waals surface area (Å²) < 4.78 is 26.8. The standard InChI is InChI=1S/C16H26N2O2S/c1-13(2)18-21(19,20)12-15-8-4-3-7-14(15)11-17-16-9-5-6-10-16/h3-4,7-8,13,16-18H,5-6,9-12H2,1-2H3. The quantitative estimate of drug-likeness (QED) is 0.814. The van der Waals surface area contributed by atoms with Crippen molar-refractivity contribution in [3.63, 3.8) is 0 Å². The summed E-state index contributed by atoms with van der Waals surface area (Å²) in [5.41, 5.74) is 1.97. The highest BCUT2D eigenvalue weighted by molar-refractivity contribution is 7.88. The van der Waals surface area contributed by atoms with Crippen LogP contribution in [-0.2, 0) is 22.3 Å². The summed E-state index contributed by atoms with van der Waals surface area (Å²) in [6, 6.07) is 8.31. The number of nitrogens with one attached hydrogen (secondary N) is 2. The van der Waals surface area contributed by atoms with Crippen LogP contribution in [0.4, 0.5) is 0 Å². The molecule has 1 aromatic rings. The number of benzene rings is 1. The molecule has 1 aliphatic rings. The molecule has 0 heterocycles. The van der Waals surface area contributed by atoms with Gasteiger partial charge >= 0.3 is 0 Å². The molecule has 0 aliphatic heterocycles. The molecular weight excluding hydrogens is 284 g/mol. The first kappa shape index (κ1) is 16.5. The molecule has 0 amide bonds. The van der Waals surface area contributed by atoms with Crippen molar-refractivity contribution in [2.45, 2.75) is 63.9 Å². The van der Waals surface area contributed by atoms with Crippen LogP contribution in [0.5, 0.6) is 0 Å². The topological polar surface area (TPSA) is 58.2 Å². The van der Waals surface area contributed by atoms with Crippen molar-refractivity contribution in [3.05, 3.63) is 35.4 Å². The number of sulfonamides is 1. The van der Waals surface area contributed by atoms with Crippen LogP contribution >= 0.6 is 0 Å². The molecular formula is C16H26N2O2S. The van der Waals surface area contributed by atoms with Crippen LogP contribution in [0, 0.1) is 0 Å². The third-order valence-electron chi connectivity index (χ3n) is 3.82. The van der Waals surface area contributed by atoms with E-state index < -0.39 is 10.0 Å². The second-order valence-electron chi connectivity index (χ2n) is 6.16. The van der Waals surface area contributed by atoms with E-state index in [0.29, 0.717) is 6.04 Å². The summed E-state index contributed by atoms with van der Waals surface area (Å²) in [6.07, 6.45) is 5.06. The molecule has 0 spiro atoms. The highest BCUT2D eigenvalue weighted by Gasteiger charge is 2.17. The van der Waals surface area contributed by atoms with Gasteiger partial charge in [-0.15, -0.1) is 0 Å². The van der Waals surface area contributed by atoms with Gasteiger partial charge in [0.25, 0.3) is 0 Å². The minimum Gasteiger partial charge on any atom is -0.310 e. The molecule has 5 heteroatoms. The molecule has 1 aromatic carbocycles. The van der Waals surface area contributed by atoms with Crippen molar-refractivity contribution in [2.24, 2.45) is 0 Å². The van der Waals surface area contributed by atoms with Crippen molar-refractivity contribution >= 4 is 10.0 Å². The van der Waals surface area contributed by atoms with E-state index >= 15 is 0 Å². The molecule has 1 aliphatic carbocycles. The lowest BCUT2D eigenvalue weighted by molar-refractivity contribution is 0.523. The predicted molar refractivity (Wildman–Crippen MR) is 86.4 cm³/mol. The third-order valence-corrected chi connectivity index (χ3v) is 5.34. The molecule has 2 rings (SSSR count). The summed E-state index contributed by atoms with van der Waals surface area (Å²) in [5.74, 6) is 0.0493. The molecule has 4 nitrogen and oxygen atoms in total. The van der Waals surface area contributed by atoms with Crippen molar-refractivity contribution in [1.82, 2.24) is 10.0 Å². The van der Waals surface area contributed by atoms with Gasteiger partial charge in [0.1, 0.15) is 0 Å². The molecule has 2 N–H and O–H groups in total. The third kappa shape index (κ3) is 5.41. The van der Waals surface area contributed by atoms with Gasteiger partial charge in [-0.1, -0.05) is 37.1 Å². The van der Waals surface area contributed by atoms with Gasteiger partial charge in [-0.3, -0.25) is 0 Å². The summed E-state index contributed by atoms with van der Waals surface area (Å²) in [4.78, 5) is 0. The van der Waals surface area contributed by atoms with Crippen molar-refractivity contribution in [2.75, 3.05) is 0 Å². The van der Waals surface area contributed by atoms with Crippen molar-refractivity contribution < 1.29 is 8.42 Å². The van der Waals surface area contributed by atoms with Crippen LogP contribution in [0.3, 0.4) is 0 Å². The Balaban J connectivity index is 2.02. The lowest BCUT2D eigenvalue weighted by atomic mass is 10.1. The molecule has 1 saturated carbocycles. The Morgan fingerprint density at radius 3 is 2.38 bits per heavy atom. The Morgan fingerprint density at radius 1 is 1.14 bits per heavy atom. The second kappa shape index (κ2) is 7.38. The maximum absolute atomic E-state index is 12.1. The largest absolute Gasteiger partial charge is 0.310 e. The first-order chi connectivity index (χ1) is 9.96. The van der Waals surface area contributed by atoms with Crippen LogP contribution in [0.1, 0.15) is 50.7 Å². The number of hydrogen-bond donors (Lipinski definition) is 2. The Hall–Kier alpha value is -0.910. The summed E-state index contributed by atoms with van der Waals surface area (Å²) in [6.45, 7) is 4.42. The van der Waals surface area contributed by atoms with Gasteiger partial charge < -0.3 is 5.32 Å². The normalized spacial score (nSPS) is 16.7. The highest BCUT2D eigenvalue weighted by Crippen LogP contribution is 2.19.